The molecule has 0 aliphatic carbocycles. The SMILES string of the molecule is CCOc1ccc(OC(CN)c2cccc(Cl)c2)cc1. The molecule has 0 fully saturated rings. The van der Waals surface area contributed by atoms with Gasteiger partial charge in [-0.2, -0.15) is 0 Å². The molecule has 0 saturated carbocycles. The minimum absolute atomic E-state index is 0.216. The average Bonchev–Trinajstić information content (AvgIpc) is 2.47. The zero-order valence-electron chi connectivity index (χ0n) is 11.4. The Balaban J connectivity index is 2.09. The van der Waals surface area contributed by atoms with E-state index in [-0.39, 0.29) is 6.10 Å². The van der Waals surface area contributed by atoms with Crippen molar-refractivity contribution in [1.82, 2.24) is 0 Å². The molecule has 1 atom stereocenters. The van der Waals surface area contributed by atoms with Gasteiger partial charge in [0, 0.05) is 11.6 Å². The Morgan fingerprint density at radius 1 is 1.10 bits per heavy atom. The van der Waals surface area contributed by atoms with E-state index in [1.807, 2.05) is 55.5 Å². The molecule has 0 saturated heterocycles. The Labute approximate surface area is 124 Å². The molecule has 2 rings (SSSR count). The van der Waals surface area contributed by atoms with Gasteiger partial charge in [0.05, 0.1) is 6.61 Å². The minimum Gasteiger partial charge on any atom is -0.494 e. The molecule has 0 spiro atoms. The third-order valence-electron chi connectivity index (χ3n) is 2.85. The van der Waals surface area contributed by atoms with Gasteiger partial charge >= 0.3 is 0 Å². The summed E-state index contributed by atoms with van der Waals surface area (Å²) in [6, 6.07) is 15.0. The zero-order valence-corrected chi connectivity index (χ0v) is 12.1. The molecule has 20 heavy (non-hydrogen) atoms. The first kappa shape index (κ1) is 14.7. The highest BCUT2D eigenvalue weighted by molar-refractivity contribution is 6.30. The fraction of sp³-hybridized carbons (Fsp3) is 0.250. The molecule has 2 N–H and O–H groups in total. The van der Waals surface area contributed by atoms with Crippen LogP contribution < -0.4 is 15.2 Å². The molecule has 0 aliphatic heterocycles. The minimum atomic E-state index is -0.216. The van der Waals surface area contributed by atoms with E-state index in [1.54, 1.807) is 0 Å². The Morgan fingerprint density at radius 2 is 1.80 bits per heavy atom. The smallest absolute Gasteiger partial charge is 0.136 e. The topological polar surface area (TPSA) is 44.5 Å². The molecule has 1 unspecified atom stereocenters. The molecule has 0 radical (unpaired) electrons. The molecule has 4 heteroatoms. The van der Waals surface area contributed by atoms with Crippen molar-refractivity contribution in [2.75, 3.05) is 13.2 Å². The van der Waals surface area contributed by atoms with Crippen molar-refractivity contribution in [3.05, 3.63) is 59.1 Å². The summed E-state index contributed by atoms with van der Waals surface area (Å²) >= 11 is 5.99. The van der Waals surface area contributed by atoms with E-state index < -0.39 is 0 Å². The van der Waals surface area contributed by atoms with Gasteiger partial charge in [-0.15, -0.1) is 0 Å². The maximum atomic E-state index is 5.99. The average molecular weight is 292 g/mol. The van der Waals surface area contributed by atoms with E-state index in [4.69, 9.17) is 26.8 Å². The lowest BCUT2D eigenvalue weighted by Crippen LogP contribution is -2.18. The van der Waals surface area contributed by atoms with Gasteiger partial charge < -0.3 is 15.2 Å². The Morgan fingerprint density at radius 3 is 2.40 bits per heavy atom. The lowest BCUT2D eigenvalue weighted by molar-refractivity contribution is 0.214. The van der Waals surface area contributed by atoms with E-state index in [9.17, 15) is 0 Å². The summed E-state index contributed by atoms with van der Waals surface area (Å²) in [5, 5.41) is 0.677. The third kappa shape index (κ3) is 3.89. The summed E-state index contributed by atoms with van der Waals surface area (Å²) < 4.78 is 11.3. The van der Waals surface area contributed by atoms with Gasteiger partial charge in [-0.3, -0.25) is 0 Å². The molecule has 0 heterocycles. The Bertz CT molecular complexity index is 542. The summed E-state index contributed by atoms with van der Waals surface area (Å²) in [4.78, 5) is 0. The molecule has 2 aromatic rings. The van der Waals surface area contributed by atoms with Crippen molar-refractivity contribution in [3.8, 4) is 11.5 Å². The first-order valence-electron chi connectivity index (χ1n) is 6.58. The fourth-order valence-electron chi connectivity index (χ4n) is 1.90. The summed E-state index contributed by atoms with van der Waals surface area (Å²) in [5.74, 6) is 1.58. The molecule has 0 bridgehead atoms. The molecule has 0 aromatic heterocycles. The molecular weight excluding hydrogens is 274 g/mol. The van der Waals surface area contributed by atoms with E-state index in [0.717, 1.165) is 17.1 Å². The van der Waals surface area contributed by atoms with Gasteiger partial charge in [-0.25, -0.2) is 0 Å². The summed E-state index contributed by atoms with van der Waals surface area (Å²) in [7, 11) is 0. The highest BCUT2D eigenvalue weighted by Gasteiger charge is 2.12. The van der Waals surface area contributed by atoms with Crippen LogP contribution in [-0.2, 0) is 0 Å². The Hall–Kier alpha value is -1.71. The van der Waals surface area contributed by atoms with Crippen molar-refractivity contribution in [1.29, 1.82) is 0 Å². The number of rotatable bonds is 6. The van der Waals surface area contributed by atoms with Crippen molar-refractivity contribution in [3.63, 3.8) is 0 Å². The fourth-order valence-corrected chi connectivity index (χ4v) is 2.10. The van der Waals surface area contributed by atoms with E-state index in [2.05, 4.69) is 0 Å². The number of nitrogens with two attached hydrogens (primary N) is 1. The van der Waals surface area contributed by atoms with Crippen molar-refractivity contribution < 1.29 is 9.47 Å². The van der Waals surface area contributed by atoms with Gasteiger partial charge in [0.25, 0.3) is 0 Å². The van der Waals surface area contributed by atoms with Gasteiger partial charge in [0.2, 0.25) is 0 Å². The second-order valence-electron chi connectivity index (χ2n) is 4.30. The molecule has 2 aromatic carbocycles. The largest absolute Gasteiger partial charge is 0.494 e. The third-order valence-corrected chi connectivity index (χ3v) is 3.08. The molecule has 106 valence electrons. The molecule has 0 aliphatic rings. The van der Waals surface area contributed by atoms with Gasteiger partial charge in [0.1, 0.15) is 17.6 Å². The summed E-state index contributed by atoms with van der Waals surface area (Å²) in [5.41, 5.74) is 6.75. The number of ether oxygens (including phenoxy) is 2. The maximum Gasteiger partial charge on any atom is 0.136 e. The predicted molar refractivity (Wildman–Crippen MR) is 81.5 cm³/mol. The van der Waals surface area contributed by atoms with Crippen LogP contribution in [0.5, 0.6) is 11.5 Å². The van der Waals surface area contributed by atoms with E-state index >= 15 is 0 Å². The van der Waals surface area contributed by atoms with Crippen LogP contribution in [0.25, 0.3) is 0 Å². The highest BCUT2D eigenvalue weighted by atomic mass is 35.5. The van der Waals surface area contributed by atoms with Crippen LogP contribution in [0.3, 0.4) is 0 Å². The van der Waals surface area contributed by atoms with Crippen LogP contribution in [0.4, 0.5) is 0 Å². The normalized spacial score (nSPS) is 11.9. The monoisotopic (exact) mass is 291 g/mol. The van der Waals surface area contributed by atoms with Crippen LogP contribution in [0, 0.1) is 0 Å². The van der Waals surface area contributed by atoms with Crippen LogP contribution in [0.15, 0.2) is 48.5 Å². The van der Waals surface area contributed by atoms with Crippen LogP contribution in [-0.4, -0.2) is 13.2 Å². The van der Waals surface area contributed by atoms with Crippen LogP contribution >= 0.6 is 11.6 Å². The first-order chi connectivity index (χ1) is 9.72. The number of benzene rings is 2. The summed E-state index contributed by atoms with van der Waals surface area (Å²) in [6.07, 6.45) is -0.216. The van der Waals surface area contributed by atoms with Crippen LogP contribution in [0.1, 0.15) is 18.6 Å². The van der Waals surface area contributed by atoms with Crippen molar-refractivity contribution >= 4 is 11.6 Å². The first-order valence-corrected chi connectivity index (χ1v) is 6.95. The molecular formula is C16H18ClNO2. The number of hydrogen-bond donors (Lipinski definition) is 1. The number of halogens is 1. The lowest BCUT2D eigenvalue weighted by atomic mass is 10.1. The van der Waals surface area contributed by atoms with Gasteiger partial charge in [-0.05, 0) is 48.9 Å². The van der Waals surface area contributed by atoms with E-state index in [0.29, 0.717) is 18.2 Å². The maximum absolute atomic E-state index is 5.99. The van der Waals surface area contributed by atoms with Gasteiger partial charge in [-0.1, -0.05) is 23.7 Å². The predicted octanol–water partition coefficient (Wildman–Crippen LogP) is 3.82. The molecule has 0 amide bonds. The molecule has 3 nitrogen and oxygen atoms in total. The Kier molecular flexibility index (Phi) is 5.27. The van der Waals surface area contributed by atoms with Crippen molar-refractivity contribution in [2.24, 2.45) is 5.73 Å². The lowest BCUT2D eigenvalue weighted by Gasteiger charge is -2.18. The second kappa shape index (κ2) is 7.17. The van der Waals surface area contributed by atoms with Crippen molar-refractivity contribution in [2.45, 2.75) is 13.0 Å². The highest BCUT2D eigenvalue weighted by Crippen LogP contribution is 2.25. The van der Waals surface area contributed by atoms with Gasteiger partial charge in [0.15, 0.2) is 0 Å². The standard InChI is InChI=1S/C16H18ClNO2/c1-2-19-14-6-8-15(9-7-14)20-16(11-18)12-4-3-5-13(17)10-12/h3-10,16H,2,11,18H2,1H3. The van der Waals surface area contributed by atoms with E-state index in [1.165, 1.54) is 0 Å². The number of hydrogen-bond acceptors (Lipinski definition) is 3. The summed E-state index contributed by atoms with van der Waals surface area (Å²) in [6.45, 7) is 2.98. The quantitative estimate of drug-likeness (QED) is 0.880. The zero-order chi connectivity index (χ0) is 14.4. The van der Waals surface area contributed by atoms with Crippen LogP contribution in [0.2, 0.25) is 5.02 Å². The second-order valence-corrected chi connectivity index (χ2v) is 4.74.